The Morgan fingerprint density at radius 2 is 2.07 bits per heavy atom. The van der Waals surface area contributed by atoms with Gasteiger partial charge in [-0.25, -0.2) is 0 Å². The number of benzene rings is 1. The van der Waals surface area contributed by atoms with E-state index >= 15 is 0 Å². The van der Waals surface area contributed by atoms with Gasteiger partial charge in [0.1, 0.15) is 5.56 Å². The van der Waals surface area contributed by atoms with E-state index in [1.807, 2.05) is 30.3 Å². The fourth-order valence-electron chi connectivity index (χ4n) is 1.23. The third kappa shape index (κ3) is 2.04. The van der Waals surface area contributed by atoms with Crippen LogP contribution in [0.15, 0.2) is 41.1 Å². The van der Waals surface area contributed by atoms with E-state index in [1.165, 1.54) is 13.1 Å². The summed E-state index contributed by atoms with van der Waals surface area (Å²) >= 11 is 0. The zero-order valence-electron chi connectivity index (χ0n) is 8.23. The second-order valence-electron chi connectivity index (χ2n) is 3.12. The van der Waals surface area contributed by atoms with Crippen LogP contribution in [0.2, 0.25) is 0 Å². The third-order valence-corrected chi connectivity index (χ3v) is 1.98. The van der Waals surface area contributed by atoms with Crippen LogP contribution >= 0.6 is 0 Å². The molecule has 76 valence electrons. The predicted octanol–water partition coefficient (Wildman–Crippen LogP) is 2.62. The fourth-order valence-corrected chi connectivity index (χ4v) is 1.23. The van der Waals surface area contributed by atoms with Crippen LogP contribution in [0.25, 0.3) is 0 Å². The number of carbonyl (C=O) groups excluding carboxylic acids is 1. The highest BCUT2D eigenvalue weighted by molar-refractivity contribution is 5.98. The molecule has 1 aromatic carbocycles. The molecule has 4 heteroatoms. The number of carbonyl (C=O) groups is 1. The van der Waals surface area contributed by atoms with Gasteiger partial charge < -0.3 is 9.84 Å². The van der Waals surface area contributed by atoms with Crippen LogP contribution in [-0.4, -0.2) is 10.9 Å². The lowest BCUT2D eigenvalue weighted by atomic mass is 10.2. The van der Waals surface area contributed by atoms with Gasteiger partial charge in [0, 0.05) is 5.69 Å². The van der Waals surface area contributed by atoms with Crippen molar-refractivity contribution in [1.82, 2.24) is 5.16 Å². The Bertz CT molecular complexity index is 462. The molecule has 4 nitrogen and oxygen atoms in total. The molecular weight excluding hydrogens is 192 g/mol. The second kappa shape index (κ2) is 3.96. The molecule has 0 atom stereocenters. The van der Waals surface area contributed by atoms with Gasteiger partial charge in [-0.05, 0) is 19.1 Å². The molecule has 2 aromatic rings. The molecule has 0 aliphatic heterocycles. The monoisotopic (exact) mass is 202 g/mol. The highest BCUT2D eigenvalue weighted by atomic mass is 16.5. The van der Waals surface area contributed by atoms with Crippen LogP contribution in [0, 0.1) is 0 Å². The molecule has 1 aromatic heterocycles. The SMILES string of the molecule is CC(=O)c1cnoc1Nc1ccccc1. The normalized spacial score (nSPS) is 9.93. The van der Waals surface area contributed by atoms with E-state index in [-0.39, 0.29) is 5.78 Å². The quantitative estimate of drug-likeness (QED) is 0.777. The summed E-state index contributed by atoms with van der Waals surface area (Å²) in [6.45, 7) is 1.47. The van der Waals surface area contributed by atoms with Crippen molar-refractivity contribution in [1.29, 1.82) is 0 Å². The first kappa shape index (κ1) is 9.45. The Hall–Kier alpha value is -2.10. The summed E-state index contributed by atoms with van der Waals surface area (Å²) < 4.78 is 4.95. The van der Waals surface area contributed by atoms with Gasteiger partial charge in [0.15, 0.2) is 5.78 Å². The maximum Gasteiger partial charge on any atom is 0.239 e. The smallest absolute Gasteiger partial charge is 0.239 e. The number of nitrogens with one attached hydrogen (secondary N) is 1. The van der Waals surface area contributed by atoms with E-state index in [9.17, 15) is 4.79 Å². The minimum atomic E-state index is -0.0744. The first-order valence-electron chi connectivity index (χ1n) is 4.55. The van der Waals surface area contributed by atoms with E-state index in [0.29, 0.717) is 11.4 Å². The Balaban J connectivity index is 2.25. The number of aromatic nitrogens is 1. The van der Waals surface area contributed by atoms with Crippen molar-refractivity contribution in [3.63, 3.8) is 0 Å². The van der Waals surface area contributed by atoms with Gasteiger partial charge in [-0.15, -0.1) is 0 Å². The molecule has 15 heavy (non-hydrogen) atoms. The summed E-state index contributed by atoms with van der Waals surface area (Å²) in [5.41, 5.74) is 1.32. The summed E-state index contributed by atoms with van der Waals surface area (Å²) in [4.78, 5) is 11.2. The number of hydrogen-bond acceptors (Lipinski definition) is 4. The summed E-state index contributed by atoms with van der Waals surface area (Å²) in [7, 11) is 0. The minimum Gasteiger partial charge on any atom is -0.338 e. The van der Waals surface area contributed by atoms with Gasteiger partial charge in [-0.1, -0.05) is 23.4 Å². The zero-order chi connectivity index (χ0) is 10.7. The fraction of sp³-hybridized carbons (Fsp3) is 0.0909. The molecule has 1 heterocycles. The molecule has 0 aliphatic rings. The van der Waals surface area contributed by atoms with Crippen molar-refractivity contribution in [3.05, 3.63) is 42.1 Å². The first-order chi connectivity index (χ1) is 7.27. The number of Topliss-reactive ketones (excluding diaryl/α,β-unsaturated/α-hetero) is 1. The van der Waals surface area contributed by atoms with Gasteiger partial charge in [-0.3, -0.25) is 4.79 Å². The maximum atomic E-state index is 11.2. The van der Waals surface area contributed by atoms with Crippen LogP contribution in [0.4, 0.5) is 11.6 Å². The Labute approximate surface area is 86.9 Å². The minimum absolute atomic E-state index is 0.0744. The van der Waals surface area contributed by atoms with Crippen molar-refractivity contribution < 1.29 is 9.32 Å². The third-order valence-electron chi connectivity index (χ3n) is 1.98. The molecule has 0 saturated heterocycles. The van der Waals surface area contributed by atoms with Gasteiger partial charge in [0.05, 0.1) is 6.20 Å². The predicted molar refractivity (Wildman–Crippen MR) is 56.2 cm³/mol. The molecule has 0 fully saturated rings. The summed E-state index contributed by atoms with van der Waals surface area (Å²) in [5, 5.41) is 6.57. The Morgan fingerprint density at radius 1 is 1.33 bits per heavy atom. The van der Waals surface area contributed by atoms with Crippen molar-refractivity contribution in [2.75, 3.05) is 5.32 Å². The van der Waals surface area contributed by atoms with Crippen LogP contribution in [-0.2, 0) is 0 Å². The van der Waals surface area contributed by atoms with E-state index in [0.717, 1.165) is 5.69 Å². The number of anilines is 2. The number of nitrogens with zero attached hydrogens (tertiary/aromatic N) is 1. The molecule has 0 amide bonds. The maximum absolute atomic E-state index is 11.2. The zero-order valence-corrected chi connectivity index (χ0v) is 8.23. The Morgan fingerprint density at radius 3 is 2.73 bits per heavy atom. The Kier molecular flexibility index (Phi) is 2.49. The first-order valence-corrected chi connectivity index (χ1v) is 4.55. The summed E-state index contributed by atoms with van der Waals surface area (Å²) in [6.07, 6.45) is 1.41. The van der Waals surface area contributed by atoms with Gasteiger partial charge in [0.25, 0.3) is 0 Å². The standard InChI is InChI=1S/C11H10N2O2/c1-8(14)10-7-12-15-11(10)13-9-5-3-2-4-6-9/h2-7,13H,1H3. The van der Waals surface area contributed by atoms with Gasteiger partial charge >= 0.3 is 0 Å². The largest absolute Gasteiger partial charge is 0.338 e. The molecule has 0 unspecified atom stereocenters. The molecule has 0 radical (unpaired) electrons. The molecule has 2 rings (SSSR count). The van der Waals surface area contributed by atoms with Crippen LogP contribution in [0.3, 0.4) is 0 Å². The average Bonchev–Trinajstić information content (AvgIpc) is 2.67. The molecular formula is C11H10N2O2. The lowest BCUT2D eigenvalue weighted by Crippen LogP contribution is -1.96. The number of ketones is 1. The van der Waals surface area contributed by atoms with Crippen LogP contribution in [0.5, 0.6) is 0 Å². The second-order valence-corrected chi connectivity index (χ2v) is 3.12. The molecule has 0 bridgehead atoms. The van der Waals surface area contributed by atoms with E-state index in [4.69, 9.17) is 4.52 Å². The summed E-state index contributed by atoms with van der Waals surface area (Å²) in [5.74, 6) is 0.309. The number of hydrogen-bond donors (Lipinski definition) is 1. The van der Waals surface area contributed by atoms with Gasteiger partial charge in [0.2, 0.25) is 5.88 Å². The van der Waals surface area contributed by atoms with E-state index in [2.05, 4.69) is 10.5 Å². The van der Waals surface area contributed by atoms with Crippen LogP contribution < -0.4 is 5.32 Å². The number of rotatable bonds is 3. The lowest BCUT2D eigenvalue weighted by molar-refractivity contribution is 0.101. The van der Waals surface area contributed by atoms with Crippen molar-refractivity contribution in [2.24, 2.45) is 0 Å². The topological polar surface area (TPSA) is 55.1 Å². The highest BCUT2D eigenvalue weighted by Crippen LogP contribution is 2.20. The van der Waals surface area contributed by atoms with Gasteiger partial charge in [-0.2, -0.15) is 0 Å². The van der Waals surface area contributed by atoms with Crippen molar-refractivity contribution in [3.8, 4) is 0 Å². The molecule has 0 spiro atoms. The average molecular weight is 202 g/mol. The van der Waals surface area contributed by atoms with Crippen LogP contribution in [0.1, 0.15) is 17.3 Å². The molecule has 0 saturated carbocycles. The molecule has 1 N–H and O–H groups in total. The van der Waals surface area contributed by atoms with Crippen molar-refractivity contribution >= 4 is 17.4 Å². The van der Waals surface area contributed by atoms with Crippen molar-refractivity contribution in [2.45, 2.75) is 6.92 Å². The highest BCUT2D eigenvalue weighted by Gasteiger charge is 2.11. The molecule has 0 aliphatic carbocycles. The van der Waals surface area contributed by atoms with E-state index in [1.54, 1.807) is 0 Å². The summed E-state index contributed by atoms with van der Waals surface area (Å²) in [6, 6.07) is 9.47. The number of para-hydroxylation sites is 1. The lowest BCUT2D eigenvalue weighted by Gasteiger charge is -2.02. The van der Waals surface area contributed by atoms with E-state index < -0.39 is 0 Å².